The fourth-order valence-electron chi connectivity index (χ4n) is 1.06. The first-order chi connectivity index (χ1) is 7.85. The monoisotopic (exact) mass is 247 g/mol. The Bertz CT molecular complexity index is 265. The van der Waals surface area contributed by atoms with Crippen molar-refractivity contribution >= 4 is 11.9 Å². The smallest absolute Gasteiger partial charge is 0.307 e. The molecule has 1 amide bonds. The highest BCUT2D eigenvalue weighted by Gasteiger charge is 2.32. The highest BCUT2D eigenvalue weighted by Crippen LogP contribution is 2.19. The van der Waals surface area contributed by atoms with Crippen LogP contribution in [-0.4, -0.2) is 48.0 Å². The molecule has 0 aliphatic heterocycles. The second-order valence-corrected chi connectivity index (χ2v) is 4.40. The van der Waals surface area contributed by atoms with Gasteiger partial charge in [0.25, 0.3) is 0 Å². The highest BCUT2D eigenvalue weighted by molar-refractivity contribution is 5.81. The first kappa shape index (κ1) is 15.9. The van der Waals surface area contributed by atoms with Gasteiger partial charge in [0.05, 0.1) is 19.6 Å². The molecule has 17 heavy (non-hydrogen) atoms. The third-order valence-electron chi connectivity index (χ3n) is 2.33. The van der Waals surface area contributed by atoms with Crippen molar-refractivity contribution in [3.8, 4) is 0 Å². The van der Waals surface area contributed by atoms with Crippen molar-refractivity contribution in [2.24, 2.45) is 5.41 Å². The minimum Gasteiger partial charge on any atom is -0.466 e. The van der Waals surface area contributed by atoms with Crippen LogP contribution in [0.3, 0.4) is 0 Å². The van der Waals surface area contributed by atoms with Crippen molar-refractivity contribution in [3.63, 3.8) is 0 Å². The highest BCUT2D eigenvalue weighted by atomic mass is 16.5. The van der Waals surface area contributed by atoms with Crippen LogP contribution < -0.4 is 5.32 Å². The number of ether oxygens (including phenoxy) is 1. The van der Waals surface area contributed by atoms with Crippen LogP contribution in [0.25, 0.3) is 0 Å². The van der Waals surface area contributed by atoms with E-state index in [4.69, 9.17) is 5.11 Å². The molecule has 0 aliphatic carbocycles. The summed E-state index contributed by atoms with van der Waals surface area (Å²) in [5.74, 6) is -1.00. The maximum absolute atomic E-state index is 11.5. The zero-order valence-corrected chi connectivity index (χ0v) is 10.5. The number of rotatable bonds is 7. The normalized spacial score (nSPS) is 13.0. The van der Waals surface area contributed by atoms with Gasteiger partial charge in [0, 0.05) is 12.0 Å². The maximum Gasteiger partial charge on any atom is 0.307 e. The first-order valence-corrected chi connectivity index (χ1v) is 5.57. The van der Waals surface area contributed by atoms with E-state index in [1.165, 1.54) is 0 Å². The molecule has 0 heterocycles. The van der Waals surface area contributed by atoms with E-state index in [-0.39, 0.29) is 19.6 Å². The molecule has 1 atom stereocenters. The lowest BCUT2D eigenvalue weighted by Gasteiger charge is -2.27. The summed E-state index contributed by atoms with van der Waals surface area (Å²) < 4.78 is 4.68. The van der Waals surface area contributed by atoms with Gasteiger partial charge in [-0.15, -0.1) is 0 Å². The number of carbonyl (C=O) groups excluding carboxylic acids is 2. The molecule has 0 aromatic carbocycles. The van der Waals surface area contributed by atoms with Crippen LogP contribution in [0.5, 0.6) is 0 Å². The minimum absolute atomic E-state index is 0.0614. The molecule has 3 N–H and O–H groups in total. The maximum atomic E-state index is 11.5. The van der Waals surface area contributed by atoms with Gasteiger partial charge in [-0.05, 0) is 6.92 Å². The van der Waals surface area contributed by atoms with Crippen LogP contribution >= 0.6 is 0 Å². The second kappa shape index (κ2) is 7.24. The fraction of sp³-hybridized carbons (Fsp3) is 0.818. The minimum atomic E-state index is -1.31. The molecular formula is C11H21NO5. The molecule has 0 fully saturated rings. The van der Waals surface area contributed by atoms with Crippen molar-refractivity contribution < 1.29 is 24.5 Å². The second-order valence-electron chi connectivity index (χ2n) is 4.40. The molecule has 0 spiro atoms. The standard InChI is InChI=1S/C11H21NO5/c1-4-17-8(14)5-6-12-10(16)9(15)11(2,3)7-13/h9,13,15H,4-7H2,1-3H3,(H,12,16)/t9-/m1/s1. The van der Waals surface area contributed by atoms with E-state index in [0.29, 0.717) is 6.61 Å². The van der Waals surface area contributed by atoms with Gasteiger partial charge in [0.1, 0.15) is 6.10 Å². The topological polar surface area (TPSA) is 95.9 Å². The fourth-order valence-corrected chi connectivity index (χ4v) is 1.06. The van der Waals surface area contributed by atoms with E-state index in [1.807, 2.05) is 0 Å². The van der Waals surface area contributed by atoms with E-state index in [2.05, 4.69) is 10.1 Å². The van der Waals surface area contributed by atoms with Crippen molar-refractivity contribution in [1.29, 1.82) is 0 Å². The Hall–Kier alpha value is -1.14. The number of aliphatic hydroxyl groups is 2. The Labute approximate surface area is 101 Å². The SMILES string of the molecule is CCOC(=O)CCNC(=O)[C@@H](O)C(C)(C)CO. The van der Waals surface area contributed by atoms with Crippen LogP contribution in [0.4, 0.5) is 0 Å². The van der Waals surface area contributed by atoms with Crippen molar-refractivity contribution in [3.05, 3.63) is 0 Å². The summed E-state index contributed by atoms with van der Waals surface area (Å²) in [6.45, 7) is 4.94. The van der Waals surface area contributed by atoms with Crippen LogP contribution in [0.15, 0.2) is 0 Å². The lowest BCUT2D eigenvalue weighted by atomic mass is 9.87. The number of hydrogen-bond donors (Lipinski definition) is 3. The molecule has 6 nitrogen and oxygen atoms in total. The number of nitrogens with one attached hydrogen (secondary N) is 1. The van der Waals surface area contributed by atoms with E-state index >= 15 is 0 Å². The molecule has 0 rings (SSSR count). The van der Waals surface area contributed by atoms with E-state index < -0.39 is 23.4 Å². The molecule has 0 unspecified atom stereocenters. The van der Waals surface area contributed by atoms with Crippen molar-refractivity contribution in [1.82, 2.24) is 5.32 Å². The summed E-state index contributed by atoms with van der Waals surface area (Å²) >= 11 is 0. The Morgan fingerprint density at radius 3 is 2.47 bits per heavy atom. The lowest BCUT2D eigenvalue weighted by molar-refractivity contribution is -0.143. The summed E-state index contributed by atoms with van der Waals surface area (Å²) in [5.41, 5.74) is -0.909. The largest absolute Gasteiger partial charge is 0.466 e. The van der Waals surface area contributed by atoms with E-state index in [9.17, 15) is 14.7 Å². The van der Waals surface area contributed by atoms with Crippen LogP contribution in [0.2, 0.25) is 0 Å². The number of esters is 1. The van der Waals surface area contributed by atoms with E-state index in [0.717, 1.165) is 0 Å². The molecule has 6 heteroatoms. The zero-order chi connectivity index (χ0) is 13.5. The van der Waals surface area contributed by atoms with Gasteiger partial charge in [-0.25, -0.2) is 0 Å². The molecule has 0 saturated heterocycles. The lowest BCUT2D eigenvalue weighted by Crippen LogP contribution is -2.46. The predicted molar refractivity (Wildman–Crippen MR) is 61.1 cm³/mol. The van der Waals surface area contributed by atoms with Gasteiger partial charge in [-0.1, -0.05) is 13.8 Å². The van der Waals surface area contributed by atoms with Crippen LogP contribution in [0.1, 0.15) is 27.2 Å². The summed E-state index contributed by atoms with van der Waals surface area (Å²) in [7, 11) is 0. The quantitative estimate of drug-likeness (QED) is 0.524. The summed E-state index contributed by atoms with van der Waals surface area (Å²) in [5, 5.41) is 21.0. The number of hydrogen-bond acceptors (Lipinski definition) is 5. The Kier molecular flexibility index (Phi) is 6.75. The first-order valence-electron chi connectivity index (χ1n) is 5.57. The Morgan fingerprint density at radius 1 is 1.41 bits per heavy atom. The van der Waals surface area contributed by atoms with Gasteiger partial charge in [0.15, 0.2) is 0 Å². The third-order valence-corrected chi connectivity index (χ3v) is 2.33. The predicted octanol–water partition coefficient (Wildman–Crippen LogP) is -0.565. The van der Waals surface area contributed by atoms with Crippen molar-refractivity contribution in [2.75, 3.05) is 19.8 Å². The van der Waals surface area contributed by atoms with Gasteiger partial charge in [0.2, 0.25) is 5.91 Å². The molecule has 0 radical (unpaired) electrons. The molecule has 0 saturated carbocycles. The van der Waals surface area contributed by atoms with Gasteiger partial charge >= 0.3 is 5.97 Å². The third kappa shape index (κ3) is 5.65. The molecule has 100 valence electrons. The number of amides is 1. The summed E-state index contributed by atoms with van der Waals surface area (Å²) in [6, 6.07) is 0. The Balaban J connectivity index is 3.99. The molecule has 0 aromatic heterocycles. The summed E-state index contributed by atoms with van der Waals surface area (Å²) in [4.78, 5) is 22.4. The van der Waals surface area contributed by atoms with Crippen LogP contribution in [-0.2, 0) is 14.3 Å². The average Bonchev–Trinajstić information content (AvgIpc) is 2.28. The Morgan fingerprint density at radius 2 is 2.00 bits per heavy atom. The van der Waals surface area contributed by atoms with E-state index in [1.54, 1.807) is 20.8 Å². The zero-order valence-electron chi connectivity index (χ0n) is 10.5. The average molecular weight is 247 g/mol. The number of carbonyl (C=O) groups is 2. The van der Waals surface area contributed by atoms with Gasteiger partial charge in [-0.2, -0.15) is 0 Å². The summed E-state index contributed by atoms with van der Waals surface area (Å²) in [6.07, 6.45) is -1.25. The van der Waals surface area contributed by atoms with Gasteiger partial charge < -0.3 is 20.3 Å². The number of aliphatic hydroxyl groups excluding tert-OH is 2. The van der Waals surface area contributed by atoms with Gasteiger partial charge in [-0.3, -0.25) is 9.59 Å². The molecule has 0 aliphatic rings. The van der Waals surface area contributed by atoms with Crippen molar-refractivity contribution in [2.45, 2.75) is 33.3 Å². The van der Waals surface area contributed by atoms with Crippen LogP contribution in [0, 0.1) is 5.41 Å². The molecule has 0 aromatic rings. The molecular weight excluding hydrogens is 226 g/mol. The molecule has 0 bridgehead atoms.